The van der Waals surface area contributed by atoms with Crippen molar-refractivity contribution in [3.05, 3.63) is 35.7 Å². The van der Waals surface area contributed by atoms with Gasteiger partial charge in [-0.1, -0.05) is 5.16 Å². The van der Waals surface area contributed by atoms with E-state index in [1.165, 1.54) is 11.3 Å². The number of methoxy groups -OCH3 is 2. The number of nitrogens with one attached hydrogen (secondary N) is 1. The monoisotopic (exact) mass is 429 g/mol. The molecule has 1 aliphatic rings. The number of carbonyl (C=O) groups is 1. The van der Waals surface area contributed by atoms with Crippen LogP contribution >= 0.6 is 11.3 Å². The zero-order valence-electron chi connectivity index (χ0n) is 16.8. The number of aromatic nitrogens is 3. The molecule has 1 fully saturated rings. The number of rotatable bonds is 7. The van der Waals surface area contributed by atoms with Gasteiger partial charge in [-0.15, -0.1) is 11.3 Å². The van der Waals surface area contributed by atoms with E-state index in [0.29, 0.717) is 34.9 Å². The van der Waals surface area contributed by atoms with E-state index < -0.39 is 0 Å². The van der Waals surface area contributed by atoms with Crippen LogP contribution in [0.4, 0.5) is 5.13 Å². The van der Waals surface area contributed by atoms with Gasteiger partial charge in [0.05, 0.1) is 20.8 Å². The Balaban J connectivity index is 1.32. The van der Waals surface area contributed by atoms with Crippen molar-refractivity contribution < 1.29 is 18.8 Å². The molecule has 0 spiro atoms. The first-order valence-corrected chi connectivity index (χ1v) is 10.5. The summed E-state index contributed by atoms with van der Waals surface area (Å²) in [6.07, 6.45) is 3.26. The van der Waals surface area contributed by atoms with Crippen LogP contribution in [0.1, 0.15) is 18.7 Å². The Bertz CT molecular complexity index is 983. The minimum Gasteiger partial charge on any atom is -0.493 e. The SMILES string of the molecule is COc1ccc(-c2noc(CN3CCC(C(=O)Nc4nccs4)CC3)n2)cc1OC. The standard InChI is InChI=1S/C20H23N5O4S/c1-27-15-4-3-14(11-16(15)28-2)18-22-17(29-24-18)12-25-8-5-13(6-9-25)19(26)23-20-21-7-10-30-20/h3-4,7,10-11,13H,5-6,8-9,12H2,1-2H3,(H,21,23,26). The fourth-order valence-corrected chi connectivity index (χ4v) is 3.98. The molecule has 30 heavy (non-hydrogen) atoms. The Morgan fingerprint density at radius 3 is 2.77 bits per heavy atom. The molecule has 1 aliphatic heterocycles. The highest BCUT2D eigenvalue weighted by atomic mass is 32.1. The summed E-state index contributed by atoms with van der Waals surface area (Å²) in [5.41, 5.74) is 0.792. The van der Waals surface area contributed by atoms with E-state index in [2.05, 4.69) is 25.3 Å². The minimum absolute atomic E-state index is 0.00448. The minimum atomic E-state index is -0.00448. The van der Waals surface area contributed by atoms with Crippen LogP contribution in [-0.2, 0) is 11.3 Å². The predicted molar refractivity (Wildman–Crippen MR) is 112 cm³/mol. The third-order valence-corrected chi connectivity index (χ3v) is 5.78. The van der Waals surface area contributed by atoms with Crippen molar-refractivity contribution in [3.63, 3.8) is 0 Å². The lowest BCUT2D eigenvalue weighted by Crippen LogP contribution is -2.37. The number of ether oxygens (including phenoxy) is 2. The third-order valence-electron chi connectivity index (χ3n) is 5.09. The second kappa shape index (κ2) is 9.23. The summed E-state index contributed by atoms with van der Waals surface area (Å²) < 4.78 is 16.0. The summed E-state index contributed by atoms with van der Waals surface area (Å²) in [4.78, 5) is 23.2. The maximum atomic E-state index is 12.4. The lowest BCUT2D eigenvalue weighted by molar-refractivity contribution is -0.121. The number of benzene rings is 1. The Kier molecular flexibility index (Phi) is 6.24. The van der Waals surface area contributed by atoms with Crippen LogP contribution in [0.15, 0.2) is 34.3 Å². The summed E-state index contributed by atoms with van der Waals surface area (Å²) in [6, 6.07) is 5.49. The lowest BCUT2D eigenvalue weighted by atomic mass is 9.96. The van der Waals surface area contributed by atoms with Gasteiger partial charge in [0.25, 0.3) is 0 Å². The molecule has 10 heteroatoms. The van der Waals surface area contributed by atoms with Crippen molar-refractivity contribution >= 4 is 22.4 Å². The fourth-order valence-electron chi connectivity index (χ4n) is 3.45. The topological polar surface area (TPSA) is 103 Å². The number of amides is 1. The third kappa shape index (κ3) is 4.60. The van der Waals surface area contributed by atoms with Gasteiger partial charge < -0.3 is 19.3 Å². The van der Waals surface area contributed by atoms with E-state index in [9.17, 15) is 4.79 Å². The average Bonchev–Trinajstić information content (AvgIpc) is 3.46. The van der Waals surface area contributed by atoms with Crippen LogP contribution in [0, 0.1) is 5.92 Å². The largest absolute Gasteiger partial charge is 0.493 e. The molecular weight excluding hydrogens is 406 g/mol. The van der Waals surface area contributed by atoms with Crippen molar-refractivity contribution in [1.82, 2.24) is 20.0 Å². The van der Waals surface area contributed by atoms with Crippen LogP contribution in [0.5, 0.6) is 11.5 Å². The van der Waals surface area contributed by atoms with E-state index >= 15 is 0 Å². The quantitative estimate of drug-likeness (QED) is 0.611. The number of likely N-dealkylation sites (tertiary alicyclic amines) is 1. The van der Waals surface area contributed by atoms with Crippen LogP contribution in [0.25, 0.3) is 11.4 Å². The molecule has 1 N–H and O–H groups in total. The summed E-state index contributed by atoms with van der Waals surface area (Å²) in [7, 11) is 3.18. The predicted octanol–water partition coefficient (Wildman–Crippen LogP) is 3.06. The normalized spacial score (nSPS) is 15.1. The van der Waals surface area contributed by atoms with Crippen molar-refractivity contribution in [1.29, 1.82) is 0 Å². The molecule has 0 bridgehead atoms. The van der Waals surface area contributed by atoms with Gasteiger partial charge in [0.2, 0.25) is 17.6 Å². The Morgan fingerprint density at radius 2 is 2.07 bits per heavy atom. The van der Waals surface area contributed by atoms with Gasteiger partial charge in [-0.3, -0.25) is 9.69 Å². The first-order valence-electron chi connectivity index (χ1n) is 9.64. The molecule has 0 unspecified atom stereocenters. The molecule has 0 radical (unpaired) electrons. The van der Waals surface area contributed by atoms with Gasteiger partial charge >= 0.3 is 0 Å². The molecule has 0 saturated carbocycles. The summed E-state index contributed by atoms with van der Waals surface area (Å²) in [5.74, 6) is 2.34. The van der Waals surface area contributed by atoms with Crippen molar-refractivity contribution in [2.24, 2.45) is 5.92 Å². The summed E-state index contributed by atoms with van der Waals surface area (Å²) >= 11 is 1.43. The molecule has 1 aromatic carbocycles. The van der Waals surface area contributed by atoms with E-state index in [-0.39, 0.29) is 11.8 Å². The molecule has 0 aliphatic carbocycles. The average molecular weight is 430 g/mol. The number of piperidine rings is 1. The summed E-state index contributed by atoms with van der Waals surface area (Å²) in [5, 5.41) is 9.47. The second-order valence-corrected chi connectivity index (χ2v) is 7.85. The molecule has 3 aromatic rings. The summed E-state index contributed by atoms with van der Waals surface area (Å²) in [6.45, 7) is 2.15. The van der Waals surface area contributed by atoms with Crippen molar-refractivity contribution in [3.8, 4) is 22.9 Å². The number of hydrogen-bond acceptors (Lipinski definition) is 9. The Hall–Kier alpha value is -2.98. The van der Waals surface area contributed by atoms with Crippen molar-refractivity contribution in [2.75, 3.05) is 32.6 Å². The van der Waals surface area contributed by atoms with Gasteiger partial charge in [-0.25, -0.2) is 4.98 Å². The second-order valence-electron chi connectivity index (χ2n) is 6.96. The zero-order valence-corrected chi connectivity index (χ0v) is 17.6. The molecule has 2 aromatic heterocycles. The van der Waals surface area contributed by atoms with Gasteiger partial charge in [0.1, 0.15) is 0 Å². The Labute approximate surface area is 178 Å². The van der Waals surface area contributed by atoms with Gasteiger partial charge in [-0.05, 0) is 44.1 Å². The van der Waals surface area contributed by atoms with Gasteiger partial charge in [0.15, 0.2) is 16.6 Å². The molecule has 0 atom stereocenters. The number of anilines is 1. The zero-order chi connectivity index (χ0) is 20.9. The smallest absolute Gasteiger partial charge is 0.241 e. The highest BCUT2D eigenvalue weighted by Crippen LogP contribution is 2.31. The number of nitrogens with zero attached hydrogens (tertiary/aromatic N) is 4. The van der Waals surface area contributed by atoms with Crippen LogP contribution in [0.3, 0.4) is 0 Å². The van der Waals surface area contributed by atoms with Crippen LogP contribution in [0.2, 0.25) is 0 Å². The molecular formula is C20H23N5O4S. The first kappa shape index (κ1) is 20.3. The van der Waals surface area contributed by atoms with Crippen LogP contribution in [-0.4, -0.2) is 53.2 Å². The lowest BCUT2D eigenvalue weighted by Gasteiger charge is -2.29. The fraction of sp³-hybridized carbons (Fsp3) is 0.400. The van der Waals surface area contributed by atoms with Crippen LogP contribution < -0.4 is 14.8 Å². The maximum Gasteiger partial charge on any atom is 0.241 e. The molecule has 9 nitrogen and oxygen atoms in total. The molecule has 158 valence electrons. The molecule has 1 saturated heterocycles. The Morgan fingerprint density at radius 1 is 1.27 bits per heavy atom. The number of thiazole rings is 1. The van der Waals surface area contributed by atoms with Gasteiger partial charge in [0, 0.05) is 23.1 Å². The van der Waals surface area contributed by atoms with Gasteiger partial charge in [-0.2, -0.15) is 4.98 Å². The maximum absolute atomic E-state index is 12.4. The molecule has 3 heterocycles. The highest BCUT2D eigenvalue weighted by molar-refractivity contribution is 7.13. The number of carbonyl (C=O) groups excluding carboxylic acids is 1. The highest BCUT2D eigenvalue weighted by Gasteiger charge is 2.26. The van der Waals surface area contributed by atoms with E-state index in [0.717, 1.165) is 31.5 Å². The van der Waals surface area contributed by atoms with E-state index in [1.54, 1.807) is 20.4 Å². The van der Waals surface area contributed by atoms with E-state index in [4.69, 9.17) is 14.0 Å². The number of hydrogen-bond donors (Lipinski definition) is 1. The van der Waals surface area contributed by atoms with Crippen molar-refractivity contribution in [2.45, 2.75) is 19.4 Å². The van der Waals surface area contributed by atoms with E-state index in [1.807, 2.05) is 23.6 Å². The first-order chi connectivity index (χ1) is 14.7. The molecule has 1 amide bonds. The molecule has 4 rings (SSSR count).